The average molecular weight is 171 g/mol. The van der Waals surface area contributed by atoms with Crippen LogP contribution in [0.5, 0.6) is 0 Å². The minimum Gasteiger partial charge on any atom is -0.450 e. The fraction of sp³-hybridized carbons (Fsp3) is 0.889. The Balaban J connectivity index is 2.06. The highest BCUT2D eigenvalue weighted by Crippen LogP contribution is 2.34. The largest absolute Gasteiger partial charge is 0.450 e. The van der Waals surface area contributed by atoms with E-state index in [0.29, 0.717) is 18.6 Å². The Morgan fingerprint density at radius 2 is 2.33 bits per heavy atom. The van der Waals surface area contributed by atoms with E-state index in [1.807, 2.05) is 6.92 Å². The van der Waals surface area contributed by atoms with Gasteiger partial charge in [0.2, 0.25) is 0 Å². The van der Waals surface area contributed by atoms with E-state index < -0.39 is 0 Å². The summed E-state index contributed by atoms with van der Waals surface area (Å²) in [6.07, 6.45) is 3.29. The molecule has 1 amide bonds. The topological polar surface area (TPSA) is 38.3 Å². The molecule has 12 heavy (non-hydrogen) atoms. The van der Waals surface area contributed by atoms with Gasteiger partial charge in [-0.2, -0.15) is 0 Å². The number of nitrogens with one attached hydrogen (secondary N) is 1. The van der Waals surface area contributed by atoms with Gasteiger partial charge in [-0.25, -0.2) is 4.79 Å². The Hall–Kier alpha value is -0.730. The third-order valence-corrected chi connectivity index (χ3v) is 2.16. The summed E-state index contributed by atoms with van der Waals surface area (Å²) < 4.78 is 4.77. The van der Waals surface area contributed by atoms with Crippen molar-refractivity contribution >= 4 is 6.09 Å². The normalized spacial score (nSPS) is 26.5. The summed E-state index contributed by atoms with van der Waals surface area (Å²) >= 11 is 0. The van der Waals surface area contributed by atoms with E-state index >= 15 is 0 Å². The van der Waals surface area contributed by atoms with Gasteiger partial charge in [0.1, 0.15) is 0 Å². The van der Waals surface area contributed by atoms with E-state index in [4.69, 9.17) is 4.74 Å². The zero-order valence-corrected chi connectivity index (χ0v) is 7.80. The molecule has 0 heterocycles. The van der Waals surface area contributed by atoms with Gasteiger partial charge in [-0.15, -0.1) is 0 Å². The van der Waals surface area contributed by atoms with Crippen molar-refractivity contribution in [2.75, 3.05) is 6.61 Å². The molecule has 2 unspecified atom stereocenters. The molecule has 0 radical (unpaired) electrons. The lowest BCUT2D eigenvalue weighted by atomic mass is 10.2. The summed E-state index contributed by atoms with van der Waals surface area (Å²) in [6, 6.07) is 0.393. The first-order valence-corrected chi connectivity index (χ1v) is 4.71. The average Bonchev–Trinajstić information content (AvgIpc) is 2.69. The van der Waals surface area contributed by atoms with Crippen LogP contribution in [-0.4, -0.2) is 18.7 Å². The van der Waals surface area contributed by atoms with Gasteiger partial charge in [0, 0.05) is 6.04 Å². The molecular formula is C9H17NO2. The van der Waals surface area contributed by atoms with Crippen molar-refractivity contribution in [3.05, 3.63) is 0 Å². The number of rotatable bonds is 4. The summed E-state index contributed by atoms with van der Waals surface area (Å²) in [4.78, 5) is 10.9. The highest BCUT2D eigenvalue weighted by Gasteiger charge is 2.37. The minimum atomic E-state index is -0.263. The van der Waals surface area contributed by atoms with Gasteiger partial charge >= 0.3 is 6.09 Å². The molecule has 2 atom stereocenters. The number of amides is 1. The first-order chi connectivity index (χ1) is 5.77. The molecule has 0 saturated heterocycles. The van der Waals surface area contributed by atoms with Crippen LogP contribution in [-0.2, 0) is 4.74 Å². The van der Waals surface area contributed by atoms with E-state index in [0.717, 1.165) is 6.42 Å². The van der Waals surface area contributed by atoms with Gasteiger partial charge < -0.3 is 10.1 Å². The van der Waals surface area contributed by atoms with Gasteiger partial charge in [-0.1, -0.05) is 13.3 Å². The van der Waals surface area contributed by atoms with Gasteiger partial charge in [-0.3, -0.25) is 0 Å². The Kier molecular flexibility index (Phi) is 3.38. The van der Waals surface area contributed by atoms with Gasteiger partial charge in [0.15, 0.2) is 0 Å². The van der Waals surface area contributed by atoms with Crippen LogP contribution in [0, 0.1) is 5.92 Å². The molecule has 1 aliphatic carbocycles. The molecule has 1 rings (SSSR count). The number of carbonyl (C=O) groups is 1. The molecule has 0 aromatic rings. The van der Waals surface area contributed by atoms with Crippen LogP contribution >= 0.6 is 0 Å². The Labute approximate surface area is 73.5 Å². The lowest BCUT2D eigenvalue weighted by Crippen LogP contribution is -2.27. The Bertz CT molecular complexity index is 159. The number of ether oxygens (including phenoxy) is 1. The van der Waals surface area contributed by atoms with Crippen molar-refractivity contribution in [2.24, 2.45) is 5.92 Å². The molecule has 1 N–H and O–H groups in total. The van der Waals surface area contributed by atoms with Crippen LogP contribution in [0.3, 0.4) is 0 Å². The van der Waals surface area contributed by atoms with Crippen LogP contribution < -0.4 is 5.32 Å². The quantitative estimate of drug-likeness (QED) is 0.701. The summed E-state index contributed by atoms with van der Waals surface area (Å²) in [5.74, 6) is 0.708. The van der Waals surface area contributed by atoms with Crippen molar-refractivity contribution < 1.29 is 9.53 Å². The third-order valence-electron chi connectivity index (χ3n) is 2.16. The zero-order chi connectivity index (χ0) is 8.97. The summed E-state index contributed by atoms with van der Waals surface area (Å²) in [5, 5.41) is 2.83. The summed E-state index contributed by atoms with van der Waals surface area (Å²) in [7, 11) is 0. The smallest absolute Gasteiger partial charge is 0.407 e. The molecule has 0 aromatic carbocycles. The molecule has 70 valence electrons. The first-order valence-electron chi connectivity index (χ1n) is 4.71. The van der Waals surface area contributed by atoms with Crippen LogP contribution in [0.25, 0.3) is 0 Å². The second-order valence-corrected chi connectivity index (χ2v) is 3.26. The monoisotopic (exact) mass is 171 g/mol. The van der Waals surface area contributed by atoms with Gasteiger partial charge in [0.05, 0.1) is 6.61 Å². The van der Waals surface area contributed by atoms with Gasteiger partial charge in [0.25, 0.3) is 0 Å². The van der Waals surface area contributed by atoms with E-state index in [1.54, 1.807) is 0 Å². The molecule has 3 heteroatoms. The maximum atomic E-state index is 10.9. The van der Waals surface area contributed by atoms with E-state index in [-0.39, 0.29) is 6.09 Å². The van der Waals surface area contributed by atoms with Gasteiger partial charge in [-0.05, 0) is 25.7 Å². The van der Waals surface area contributed by atoms with E-state index in [2.05, 4.69) is 12.2 Å². The maximum Gasteiger partial charge on any atom is 0.407 e. The molecule has 0 spiro atoms. The summed E-state index contributed by atoms with van der Waals surface area (Å²) in [6.45, 7) is 4.44. The highest BCUT2D eigenvalue weighted by molar-refractivity contribution is 5.68. The van der Waals surface area contributed by atoms with E-state index in [1.165, 1.54) is 12.8 Å². The fourth-order valence-electron chi connectivity index (χ4n) is 1.44. The molecule has 1 saturated carbocycles. The lowest BCUT2D eigenvalue weighted by Gasteiger charge is -2.03. The van der Waals surface area contributed by atoms with Crippen molar-refractivity contribution in [1.82, 2.24) is 5.32 Å². The van der Waals surface area contributed by atoms with Crippen LogP contribution in [0.4, 0.5) is 4.79 Å². The van der Waals surface area contributed by atoms with E-state index in [9.17, 15) is 4.79 Å². The lowest BCUT2D eigenvalue weighted by molar-refractivity contribution is 0.151. The predicted molar refractivity (Wildman–Crippen MR) is 47.0 cm³/mol. The van der Waals surface area contributed by atoms with Crippen LogP contribution in [0.15, 0.2) is 0 Å². The van der Waals surface area contributed by atoms with Crippen molar-refractivity contribution in [2.45, 2.75) is 39.2 Å². The van der Waals surface area contributed by atoms with Crippen molar-refractivity contribution in [1.29, 1.82) is 0 Å². The second-order valence-electron chi connectivity index (χ2n) is 3.26. The molecule has 1 fully saturated rings. The molecule has 0 aromatic heterocycles. The van der Waals surface area contributed by atoms with Crippen molar-refractivity contribution in [3.8, 4) is 0 Å². The second kappa shape index (κ2) is 4.33. The standard InChI is InChI=1S/C9H17NO2/c1-3-5-7-6-8(7)10-9(11)12-4-2/h7-8H,3-6H2,1-2H3,(H,10,11). The number of alkyl carbamates (subject to hydrolysis) is 1. The fourth-order valence-corrected chi connectivity index (χ4v) is 1.44. The molecule has 1 aliphatic rings. The Morgan fingerprint density at radius 1 is 1.58 bits per heavy atom. The number of carbonyl (C=O) groups excluding carboxylic acids is 1. The van der Waals surface area contributed by atoms with Crippen LogP contribution in [0.2, 0.25) is 0 Å². The minimum absolute atomic E-state index is 0.263. The van der Waals surface area contributed by atoms with Crippen molar-refractivity contribution in [3.63, 3.8) is 0 Å². The molecular weight excluding hydrogens is 154 g/mol. The maximum absolute atomic E-state index is 10.9. The zero-order valence-electron chi connectivity index (χ0n) is 7.80. The molecule has 0 bridgehead atoms. The molecule has 3 nitrogen and oxygen atoms in total. The SMILES string of the molecule is CCCC1CC1NC(=O)OCC. The van der Waals surface area contributed by atoms with Crippen LogP contribution in [0.1, 0.15) is 33.1 Å². The summed E-state index contributed by atoms with van der Waals surface area (Å²) in [5.41, 5.74) is 0. The number of hydrogen-bond acceptors (Lipinski definition) is 2. The first kappa shape index (κ1) is 9.36. The predicted octanol–water partition coefficient (Wildman–Crippen LogP) is 1.92. The Morgan fingerprint density at radius 3 is 2.92 bits per heavy atom. The third kappa shape index (κ3) is 2.72. The number of hydrogen-bond donors (Lipinski definition) is 1. The molecule has 0 aliphatic heterocycles. The highest BCUT2D eigenvalue weighted by atomic mass is 16.5.